The molecule has 0 saturated carbocycles. The Labute approximate surface area is 143 Å². The molecule has 0 atom stereocenters. The Bertz CT molecular complexity index is 810. The van der Waals surface area contributed by atoms with Crippen molar-refractivity contribution in [2.45, 2.75) is 6.42 Å². The summed E-state index contributed by atoms with van der Waals surface area (Å²) < 4.78 is 12.9. The summed E-state index contributed by atoms with van der Waals surface area (Å²) >= 11 is 6.11. The third-order valence-corrected chi connectivity index (χ3v) is 3.64. The fourth-order valence-corrected chi connectivity index (χ4v) is 2.29. The van der Waals surface area contributed by atoms with Crippen LogP contribution in [0.1, 0.15) is 5.56 Å². The summed E-state index contributed by atoms with van der Waals surface area (Å²) in [4.78, 5) is 4.34. The highest BCUT2D eigenvalue weighted by atomic mass is 35.5. The lowest BCUT2D eigenvalue weighted by atomic mass is 10.1. The second-order valence-corrected chi connectivity index (χ2v) is 5.48. The number of anilines is 3. The molecule has 0 bridgehead atoms. The molecule has 0 aliphatic heterocycles. The molecule has 0 amide bonds. The highest BCUT2D eigenvalue weighted by molar-refractivity contribution is 6.33. The summed E-state index contributed by atoms with van der Waals surface area (Å²) in [5, 5.41) is 14.7. The molecule has 122 valence electrons. The van der Waals surface area contributed by atoms with Crippen molar-refractivity contribution in [3.63, 3.8) is 0 Å². The maximum Gasteiger partial charge on any atom is 0.244 e. The van der Waals surface area contributed by atoms with E-state index in [-0.39, 0.29) is 5.82 Å². The second kappa shape index (κ2) is 7.70. The number of nitrogens with one attached hydrogen (secondary N) is 2. The van der Waals surface area contributed by atoms with Gasteiger partial charge in [0.2, 0.25) is 5.95 Å². The first-order chi connectivity index (χ1) is 11.7. The van der Waals surface area contributed by atoms with Gasteiger partial charge in [0.1, 0.15) is 5.82 Å². The maximum absolute atomic E-state index is 12.9. The minimum Gasteiger partial charge on any atom is -0.353 e. The van der Waals surface area contributed by atoms with Crippen LogP contribution in [-0.2, 0) is 6.42 Å². The number of para-hydroxylation sites is 1. The fourth-order valence-electron chi connectivity index (χ4n) is 2.11. The van der Waals surface area contributed by atoms with Gasteiger partial charge in [-0.1, -0.05) is 35.9 Å². The zero-order chi connectivity index (χ0) is 16.8. The molecule has 0 aliphatic carbocycles. The lowest BCUT2D eigenvalue weighted by Gasteiger charge is -2.08. The number of rotatable bonds is 6. The predicted octanol–water partition coefficient (Wildman–Crippen LogP) is 4.06. The van der Waals surface area contributed by atoms with Crippen LogP contribution in [0.2, 0.25) is 5.02 Å². The number of hydrogen-bond acceptors (Lipinski definition) is 5. The van der Waals surface area contributed by atoms with E-state index < -0.39 is 0 Å². The van der Waals surface area contributed by atoms with E-state index in [9.17, 15) is 4.39 Å². The Hall–Kier alpha value is -2.73. The molecule has 0 spiro atoms. The Kier molecular flexibility index (Phi) is 5.18. The standard InChI is InChI=1S/C17H15ClFN5/c18-14-3-1-2-4-15(14)22-16-11-21-24-17(23-16)20-10-9-12-5-7-13(19)8-6-12/h1-8,11H,9-10H2,(H2,20,22,23,24). The van der Waals surface area contributed by atoms with Crippen LogP contribution in [0, 0.1) is 5.82 Å². The molecule has 3 rings (SSSR count). The summed E-state index contributed by atoms with van der Waals surface area (Å²) in [6, 6.07) is 13.8. The minimum atomic E-state index is -0.238. The normalized spacial score (nSPS) is 10.4. The van der Waals surface area contributed by atoms with E-state index in [1.165, 1.54) is 18.3 Å². The van der Waals surface area contributed by atoms with E-state index in [4.69, 9.17) is 11.6 Å². The van der Waals surface area contributed by atoms with Crippen LogP contribution in [-0.4, -0.2) is 21.7 Å². The molecule has 1 heterocycles. The molecular formula is C17H15ClFN5. The van der Waals surface area contributed by atoms with Crippen LogP contribution in [0.3, 0.4) is 0 Å². The average Bonchev–Trinajstić information content (AvgIpc) is 2.59. The Morgan fingerprint density at radius 3 is 2.62 bits per heavy atom. The second-order valence-electron chi connectivity index (χ2n) is 5.07. The summed E-state index contributed by atoms with van der Waals surface area (Å²) in [6.45, 7) is 0.614. The van der Waals surface area contributed by atoms with Gasteiger partial charge in [0.05, 0.1) is 16.9 Å². The lowest BCUT2D eigenvalue weighted by molar-refractivity contribution is 0.627. The number of benzene rings is 2. The highest BCUT2D eigenvalue weighted by Crippen LogP contribution is 2.23. The summed E-state index contributed by atoms with van der Waals surface area (Å²) in [5.41, 5.74) is 1.78. The van der Waals surface area contributed by atoms with Crippen LogP contribution >= 0.6 is 11.6 Å². The van der Waals surface area contributed by atoms with E-state index >= 15 is 0 Å². The number of hydrogen-bond donors (Lipinski definition) is 2. The monoisotopic (exact) mass is 343 g/mol. The fraction of sp³-hybridized carbons (Fsp3) is 0.118. The summed E-state index contributed by atoms with van der Waals surface area (Å²) in [6.07, 6.45) is 2.25. The van der Waals surface area contributed by atoms with Crippen molar-refractivity contribution in [2.24, 2.45) is 0 Å². The van der Waals surface area contributed by atoms with Gasteiger partial charge in [-0.3, -0.25) is 0 Å². The molecule has 7 heteroatoms. The molecule has 0 unspecified atom stereocenters. The maximum atomic E-state index is 12.9. The zero-order valence-corrected chi connectivity index (χ0v) is 13.5. The van der Waals surface area contributed by atoms with E-state index in [0.717, 1.165) is 17.7 Å². The van der Waals surface area contributed by atoms with Gasteiger partial charge in [0.15, 0.2) is 5.82 Å². The largest absolute Gasteiger partial charge is 0.353 e. The van der Waals surface area contributed by atoms with Gasteiger partial charge in [0, 0.05) is 6.54 Å². The van der Waals surface area contributed by atoms with Crippen LogP contribution in [0.15, 0.2) is 54.7 Å². The third kappa shape index (κ3) is 4.39. The lowest BCUT2D eigenvalue weighted by Crippen LogP contribution is -2.09. The molecule has 0 saturated heterocycles. The molecule has 0 fully saturated rings. The van der Waals surface area contributed by atoms with Crippen molar-refractivity contribution in [1.82, 2.24) is 15.2 Å². The van der Waals surface area contributed by atoms with Gasteiger partial charge in [-0.2, -0.15) is 10.1 Å². The molecule has 24 heavy (non-hydrogen) atoms. The van der Waals surface area contributed by atoms with Crippen molar-refractivity contribution < 1.29 is 4.39 Å². The van der Waals surface area contributed by atoms with Crippen molar-refractivity contribution >= 4 is 29.1 Å². The topological polar surface area (TPSA) is 62.7 Å². The average molecular weight is 344 g/mol. The smallest absolute Gasteiger partial charge is 0.244 e. The van der Waals surface area contributed by atoms with Gasteiger partial charge in [0.25, 0.3) is 0 Å². The summed E-state index contributed by atoms with van der Waals surface area (Å²) in [5.74, 6) is 0.717. The number of aromatic nitrogens is 3. The first-order valence-electron chi connectivity index (χ1n) is 7.40. The molecule has 2 aromatic carbocycles. The Morgan fingerprint density at radius 1 is 1.04 bits per heavy atom. The molecular weight excluding hydrogens is 329 g/mol. The van der Waals surface area contributed by atoms with Gasteiger partial charge >= 0.3 is 0 Å². The van der Waals surface area contributed by atoms with Crippen LogP contribution in [0.25, 0.3) is 0 Å². The molecule has 3 aromatic rings. The first-order valence-corrected chi connectivity index (χ1v) is 7.78. The molecule has 0 radical (unpaired) electrons. The van der Waals surface area contributed by atoms with Crippen LogP contribution < -0.4 is 10.6 Å². The van der Waals surface area contributed by atoms with Gasteiger partial charge in [-0.15, -0.1) is 5.10 Å². The highest BCUT2D eigenvalue weighted by Gasteiger charge is 2.03. The van der Waals surface area contributed by atoms with Gasteiger partial charge < -0.3 is 10.6 Å². The van der Waals surface area contributed by atoms with Crippen molar-refractivity contribution in [3.05, 3.63) is 71.1 Å². The minimum absolute atomic E-state index is 0.238. The van der Waals surface area contributed by atoms with E-state index in [0.29, 0.717) is 23.3 Å². The van der Waals surface area contributed by atoms with E-state index in [1.807, 2.05) is 18.2 Å². The molecule has 0 aliphatic rings. The zero-order valence-electron chi connectivity index (χ0n) is 12.7. The van der Waals surface area contributed by atoms with E-state index in [2.05, 4.69) is 25.8 Å². The van der Waals surface area contributed by atoms with E-state index in [1.54, 1.807) is 18.2 Å². The SMILES string of the molecule is Fc1ccc(CCNc2nncc(Nc3ccccc3Cl)n2)cc1. The molecule has 5 nitrogen and oxygen atoms in total. The van der Waals surface area contributed by atoms with Crippen LogP contribution in [0.4, 0.5) is 21.8 Å². The van der Waals surface area contributed by atoms with Gasteiger partial charge in [-0.25, -0.2) is 4.39 Å². The van der Waals surface area contributed by atoms with Crippen molar-refractivity contribution in [2.75, 3.05) is 17.2 Å². The van der Waals surface area contributed by atoms with Crippen molar-refractivity contribution in [3.8, 4) is 0 Å². The van der Waals surface area contributed by atoms with Gasteiger partial charge in [-0.05, 0) is 36.2 Å². The molecule has 1 aromatic heterocycles. The Balaban J connectivity index is 1.59. The predicted molar refractivity (Wildman–Crippen MR) is 93.2 cm³/mol. The number of halogens is 2. The quantitative estimate of drug-likeness (QED) is 0.706. The first kappa shape index (κ1) is 16.1. The third-order valence-electron chi connectivity index (χ3n) is 3.31. The van der Waals surface area contributed by atoms with Crippen molar-refractivity contribution in [1.29, 1.82) is 0 Å². The summed E-state index contributed by atoms with van der Waals surface area (Å²) in [7, 11) is 0. The van der Waals surface area contributed by atoms with Crippen LogP contribution in [0.5, 0.6) is 0 Å². The number of nitrogens with zero attached hydrogens (tertiary/aromatic N) is 3. The Morgan fingerprint density at radius 2 is 1.83 bits per heavy atom. The molecule has 2 N–H and O–H groups in total.